The fourth-order valence-electron chi connectivity index (χ4n) is 1.11. The third kappa shape index (κ3) is 7.60. The molecule has 2 heteroatoms. The summed E-state index contributed by atoms with van der Waals surface area (Å²) in [6.07, 6.45) is 6.37. The van der Waals surface area contributed by atoms with E-state index in [1.807, 2.05) is 12.2 Å². The van der Waals surface area contributed by atoms with Crippen molar-refractivity contribution in [2.45, 2.75) is 25.9 Å². The third-order valence-corrected chi connectivity index (χ3v) is 1.80. The Kier molecular flexibility index (Phi) is 9.30. The van der Waals surface area contributed by atoms with Gasteiger partial charge in [0.25, 0.3) is 0 Å². The highest BCUT2D eigenvalue weighted by atomic mass is 15.1. The molecule has 0 atom stereocenters. The Balaban J connectivity index is 3.75. The highest BCUT2D eigenvalue weighted by Gasteiger charge is 2.02. The van der Waals surface area contributed by atoms with Crippen molar-refractivity contribution >= 4 is 0 Å². The molecule has 2 N–H and O–H groups in total. The molecule has 0 heterocycles. The second-order valence-electron chi connectivity index (χ2n) is 2.97. The van der Waals surface area contributed by atoms with E-state index in [1.54, 1.807) is 0 Å². The van der Waals surface area contributed by atoms with Crippen LogP contribution in [0.2, 0.25) is 0 Å². The predicted octanol–water partition coefficient (Wildman–Crippen LogP) is 1.97. The Hall–Kier alpha value is -1.04. The molecule has 2 nitrogen and oxygen atoms in total. The molecule has 0 rings (SSSR count). The minimum absolute atomic E-state index is 0.342. The molecule has 0 fully saturated rings. The van der Waals surface area contributed by atoms with E-state index in [2.05, 4.69) is 42.2 Å². The van der Waals surface area contributed by atoms with Gasteiger partial charge in [-0.05, 0) is 18.6 Å². The van der Waals surface area contributed by atoms with Crippen LogP contribution in [0.5, 0.6) is 0 Å². The average Bonchev–Trinajstić information content (AvgIpc) is 2.18. The van der Waals surface area contributed by atoms with Crippen LogP contribution in [0.25, 0.3) is 0 Å². The molecule has 0 spiro atoms. The zero-order valence-corrected chi connectivity index (χ0v) is 8.97. The van der Waals surface area contributed by atoms with Crippen molar-refractivity contribution in [2.24, 2.45) is 0 Å². The van der Waals surface area contributed by atoms with Crippen molar-refractivity contribution in [3.05, 3.63) is 36.8 Å². The predicted molar refractivity (Wildman–Crippen MR) is 62.1 cm³/mol. The van der Waals surface area contributed by atoms with E-state index >= 15 is 0 Å². The van der Waals surface area contributed by atoms with E-state index < -0.39 is 0 Å². The molecule has 0 aromatic rings. The lowest BCUT2D eigenvalue weighted by Gasteiger charge is -2.17. The van der Waals surface area contributed by atoms with Gasteiger partial charge in [0.1, 0.15) is 0 Å². The van der Waals surface area contributed by atoms with Crippen molar-refractivity contribution in [3.63, 3.8) is 0 Å². The van der Waals surface area contributed by atoms with Gasteiger partial charge in [-0.25, -0.2) is 0 Å². The molecule has 0 bridgehead atoms. The fraction of sp³-hybridized carbons (Fsp3) is 0.500. The Bertz CT molecular complexity index is 198. The van der Waals surface area contributed by atoms with Gasteiger partial charge in [-0.1, -0.05) is 26.5 Å². The molecule has 0 radical (unpaired) electrons. The van der Waals surface area contributed by atoms with Gasteiger partial charge < -0.3 is 0 Å². The summed E-state index contributed by atoms with van der Waals surface area (Å²) in [5.41, 5.74) is 5.47. The summed E-state index contributed by atoms with van der Waals surface area (Å²) in [6, 6.07) is 0. The molecule has 0 saturated carbocycles. The van der Waals surface area contributed by atoms with E-state index in [0.29, 0.717) is 6.17 Å². The molecule has 0 aromatic heterocycles. The zero-order valence-electron chi connectivity index (χ0n) is 8.97. The summed E-state index contributed by atoms with van der Waals surface area (Å²) < 4.78 is 0. The van der Waals surface area contributed by atoms with Crippen LogP contribution < -0.4 is 10.6 Å². The van der Waals surface area contributed by atoms with Crippen molar-refractivity contribution in [3.8, 4) is 0 Å². The van der Waals surface area contributed by atoms with Crippen LogP contribution in [-0.4, -0.2) is 19.3 Å². The summed E-state index contributed by atoms with van der Waals surface area (Å²) in [5.74, 6) is 0. The first kappa shape index (κ1) is 13.0. The van der Waals surface area contributed by atoms with Crippen LogP contribution in [0.15, 0.2) is 36.8 Å². The smallest absolute Gasteiger partial charge is 0.0576 e. The molecule has 14 heavy (non-hydrogen) atoms. The van der Waals surface area contributed by atoms with Crippen LogP contribution in [0.4, 0.5) is 0 Å². The molecule has 0 aliphatic heterocycles. The van der Waals surface area contributed by atoms with Crippen molar-refractivity contribution in [2.75, 3.05) is 13.1 Å². The first-order valence-corrected chi connectivity index (χ1v) is 5.00. The summed E-state index contributed by atoms with van der Waals surface area (Å²) in [5, 5.41) is 6.69. The Morgan fingerprint density at radius 1 is 1.14 bits per heavy atom. The van der Waals surface area contributed by atoms with E-state index in [-0.39, 0.29) is 0 Å². The lowest BCUT2D eigenvalue weighted by molar-refractivity contribution is 0.429. The second kappa shape index (κ2) is 10.0. The standard InChI is InChI=1S/C12H20N2/c1-4-7-10-13-12(9-6-3)14-11-8-5-2/h7-8,12-14H,1-2,6,9-11H2,3H3. The van der Waals surface area contributed by atoms with Gasteiger partial charge in [0.15, 0.2) is 0 Å². The highest BCUT2D eigenvalue weighted by molar-refractivity contribution is 4.83. The molecule has 0 aliphatic carbocycles. The third-order valence-electron chi connectivity index (χ3n) is 1.80. The minimum Gasteiger partial charge on any atom is -0.298 e. The van der Waals surface area contributed by atoms with E-state index in [0.717, 1.165) is 25.9 Å². The minimum atomic E-state index is 0.342. The van der Waals surface area contributed by atoms with Crippen LogP contribution in [-0.2, 0) is 0 Å². The largest absolute Gasteiger partial charge is 0.298 e. The average molecular weight is 192 g/mol. The summed E-state index contributed by atoms with van der Waals surface area (Å²) in [6.45, 7) is 10.8. The van der Waals surface area contributed by atoms with Crippen molar-refractivity contribution in [1.29, 1.82) is 0 Å². The summed E-state index contributed by atoms with van der Waals surface area (Å²) >= 11 is 0. The molecule has 0 aromatic carbocycles. The Labute approximate surface area is 87.1 Å². The van der Waals surface area contributed by atoms with Crippen molar-refractivity contribution < 1.29 is 0 Å². The molecule has 0 aliphatic rings. The SMILES string of the molecule is C=C=CCNC(CCC)NCC=C=C. The maximum Gasteiger partial charge on any atom is 0.0576 e. The number of rotatable bonds is 8. The van der Waals surface area contributed by atoms with Gasteiger partial charge in [0.05, 0.1) is 6.17 Å². The first-order valence-electron chi connectivity index (χ1n) is 5.00. The van der Waals surface area contributed by atoms with Crippen molar-refractivity contribution in [1.82, 2.24) is 10.6 Å². The summed E-state index contributed by atoms with van der Waals surface area (Å²) in [4.78, 5) is 0. The summed E-state index contributed by atoms with van der Waals surface area (Å²) in [7, 11) is 0. The van der Waals surface area contributed by atoms with Gasteiger partial charge in [-0.3, -0.25) is 10.6 Å². The van der Waals surface area contributed by atoms with Crippen LogP contribution in [0, 0.1) is 0 Å². The highest BCUT2D eigenvalue weighted by Crippen LogP contribution is 1.92. The van der Waals surface area contributed by atoms with Crippen LogP contribution in [0.1, 0.15) is 19.8 Å². The Morgan fingerprint density at radius 2 is 1.64 bits per heavy atom. The maximum atomic E-state index is 3.51. The normalized spacial score (nSPS) is 11.2. The molecular weight excluding hydrogens is 172 g/mol. The second-order valence-corrected chi connectivity index (χ2v) is 2.97. The van der Waals surface area contributed by atoms with E-state index in [9.17, 15) is 0 Å². The lowest BCUT2D eigenvalue weighted by Crippen LogP contribution is -2.42. The lowest BCUT2D eigenvalue weighted by atomic mass is 10.2. The molecule has 0 unspecified atom stereocenters. The van der Waals surface area contributed by atoms with E-state index in [4.69, 9.17) is 0 Å². The molecule has 0 saturated heterocycles. The Morgan fingerprint density at radius 3 is 2.00 bits per heavy atom. The topological polar surface area (TPSA) is 24.1 Å². The molecule has 0 amide bonds. The van der Waals surface area contributed by atoms with E-state index in [1.165, 1.54) is 0 Å². The zero-order chi connectivity index (χ0) is 10.6. The van der Waals surface area contributed by atoms with Crippen LogP contribution in [0.3, 0.4) is 0 Å². The van der Waals surface area contributed by atoms with Gasteiger partial charge in [-0.15, -0.1) is 11.5 Å². The van der Waals surface area contributed by atoms with Gasteiger partial charge in [-0.2, -0.15) is 0 Å². The fourth-order valence-corrected chi connectivity index (χ4v) is 1.11. The van der Waals surface area contributed by atoms with Crippen LogP contribution >= 0.6 is 0 Å². The number of hydrogen-bond donors (Lipinski definition) is 2. The molecular formula is C12H20N2. The van der Waals surface area contributed by atoms with Gasteiger partial charge >= 0.3 is 0 Å². The molecule has 78 valence electrons. The number of nitrogens with one attached hydrogen (secondary N) is 2. The quantitative estimate of drug-likeness (QED) is 0.454. The number of hydrogen-bond acceptors (Lipinski definition) is 2. The monoisotopic (exact) mass is 192 g/mol. The van der Waals surface area contributed by atoms with Gasteiger partial charge in [0.2, 0.25) is 0 Å². The first-order chi connectivity index (χ1) is 6.85. The van der Waals surface area contributed by atoms with Gasteiger partial charge in [0, 0.05) is 13.1 Å². The maximum absolute atomic E-state index is 3.51.